The Bertz CT molecular complexity index is 1410. The van der Waals surface area contributed by atoms with Crippen molar-refractivity contribution in [3.8, 4) is 16.9 Å². The van der Waals surface area contributed by atoms with Crippen LogP contribution in [0.2, 0.25) is 0 Å². The summed E-state index contributed by atoms with van der Waals surface area (Å²) in [5.41, 5.74) is 3.34. The molecule has 1 amide bonds. The van der Waals surface area contributed by atoms with Crippen LogP contribution in [0.5, 0.6) is 0 Å². The van der Waals surface area contributed by atoms with Gasteiger partial charge in [0.05, 0.1) is 16.1 Å². The summed E-state index contributed by atoms with van der Waals surface area (Å²) in [6.07, 6.45) is 6.84. The maximum Gasteiger partial charge on any atom is 0.255 e. The lowest BCUT2D eigenvalue weighted by Gasteiger charge is -2.15. The molecule has 0 saturated carbocycles. The number of benzene rings is 2. The van der Waals surface area contributed by atoms with Crippen molar-refractivity contribution < 1.29 is 13.2 Å². The van der Waals surface area contributed by atoms with Gasteiger partial charge in [0.25, 0.3) is 5.91 Å². The van der Waals surface area contributed by atoms with E-state index in [2.05, 4.69) is 15.4 Å². The molecule has 0 radical (unpaired) electrons. The number of para-hydroxylation sites is 1. The van der Waals surface area contributed by atoms with Gasteiger partial charge in [-0.3, -0.25) is 9.78 Å². The Morgan fingerprint density at radius 2 is 1.69 bits per heavy atom. The summed E-state index contributed by atoms with van der Waals surface area (Å²) < 4.78 is 28.7. The Morgan fingerprint density at radius 3 is 2.37 bits per heavy atom. The molecule has 1 saturated heterocycles. The predicted octanol–water partition coefficient (Wildman–Crippen LogP) is 3.65. The highest BCUT2D eigenvalue weighted by molar-refractivity contribution is 7.89. The predicted molar refractivity (Wildman–Crippen MR) is 132 cm³/mol. The first-order valence-electron chi connectivity index (χ1n) is 11.5. The van der Waals surface area contributed by atoms with Crippen molar-refractivity contribution in [3.63, 3.8) is 0 Å². The maximum absolute atomic E-state index is 13.2. The molecule has 5 rings (SSSR count). The Labute approximate surface area is 204 Å². The highest BCUT2D eigenvalue weighted by Gasteiger charge is 2.27. The lowest BCUT2D eigenvalue weighted by atomic mass is 10.1. The van der Waals surface area contributed by atoms with E-state index in [9.17, 15) is 13.2 Å². The zero-order chi connectivity index (χ0) is 24.3. The Balaban J connectivity index is 1.35. The Kier molecular flexibility index (Phi) is 6.43. The fraction of sp³-hybridized carbons (Fsp3) is 0.192. The van der Waals surface area contributed by atoms with Crippen LogP contribution in [0.1, 0.15) is 28.8 Å². The number of hydrogen-bond acceptors (Lipinski definition) is 5. The monoisotopic (exact) mass is 487 g/mol. The average molecular weight is 488 g/mol. The number of nitrogens with zero attached hydrogens (tertiary/aromatic N) is 4. The minimum atomic E-state index is -3.46. The quantitative estimate of drug-likeness (QED) is 0.429. The first kappa shape index (κ1) is 22.9. The van der Waals surface area contributed by atoms with E-state index >= 15 is 0 Å². The van der Waals surface area contributed by atoms with Gasteiger partial charge in [-0.2, -0.15) is 9.40 Å². The Hall–Kier alpha value is -3.82. The molecule has 2 aromatic carbocycles. The van der Waals surface area contributed by atoms with Crippen molar-refractivity contribution in [1.29, 1.82) is 0 Å². The molecule has 35 heavy (non-hydrogen) atoms. The van der Waals surface area contributed by atoms with Gasteiger partial charge in [-0.1, -0.05) is 30.3 Å². The van der Waals surface area contributed by atoms with Crippen LogP contribution in [0.15, 0.2) is 90.2 Å². The number of carbonyl (C=O) groups is 1. The molecular weight excluding hydrogens is 462 g/mol. The van der Waals surface area contributed by atoms with Crippen LogP contribution < -0.4 is 5.32 Å². The van der Waals surface area contributed by atoms with Crippen LogP contribution in [-0.2, 0) is 16.6 Å². The molecule has 9 heteroatoms. The summed E-state index contributed by atoms with van der Waals surface area (Å²) in [5, 5.41) is 7.58. The van der Waals surface area contributed by atoms with Crippen LogP contribution in [0.3, 0.4) is 0 Å². The van der Waals surface area contributed by atoms with E-state index in [4.69, 9.17) is 0 Å². The zero-order valence-electron chi connectivity index (χ0n) is 19.0. The summed E-state index contributed by atoms with van der Waals surface area (Å²) in [7, 11) is -3.46. The summed E-state index contributed by atoms with van der Waals surface area (Å²) in [5.74, 6) is -0.278. The van der Waals surface area contributed by atoms with Gasteiger partial charge >= 0.3 is 0 Å². The number of sulfonamides is 1. The second kappa shape index (κ2) is 9.81. The number of carbonyl (C=O) groups excluding carboxylic acids is 1. The van der Waals surface area contributed by atoms with Gasteiger partial charge in [0.2, 0.25) is 10.0 Å². The fourth-order valence-corrected chi connectivity index (χ4v) is 5.62. The minimum absolute atomic E-state index is 0.256. The Morgan fingerprint density at radius 1 is 0.943 bits per heavy atom. The first-order chi connectivity index (χ1) is 17.0. The van der Waals surface area contributed by atoms with Crippen molar-refractivity contribution in [3.05, 3.63) is 96.4 Å². The van der Waals surface area contributed by atoms with E-state index in [0.717, 1.165) is 29.7 Å². The van der Waals surface area contributed by atoms with Crippen molar-refractivity contribution in [2.45, 2.75) is 24.3 Å². The third-order valence-electron chi connectivity index (χ3n) is 5.99. The molecule has 2 aromatic heterocycles. The second-order valence-corrected chi connectivity index (χ2v) is 10.3. The molecule has 0 atom stereocenters. The number of rotatable bonds is 7. The number of pyridine rings is 1. The summed E-state index contributed by atoms with van der Waals surface area (Å²) in [6, 6.07) is 19.9. The fourth-order valence-electron chi connectivity index (χ4n) is 4.10. The van der Waals surface area contributed by atoms with Gasteiger partial charge in [-0.25, -0.2) is 13.1 Å². The van der Waals surface area contributed by atoms with Crippen molar-refractivity contribution in [2.24, 2.45) is 0 Å². The third-order valence-corrected chi connectivity index (χ3v) is 7.91. The van der Waals surface area contributed by atoms with E-state index in [1.165, 1.54) is 4.31 Å². The molecule has 0 unspecified atom stereocenters. The van der Waals surface area contributed by atoms with E-state index in [-0.39, 0.29) is 17.3 Å². The molecule has 1 aliphatic rings. The largest absolute Gasteiger partial charge is 0.348 e. The molecule has 178 valence electrons. The third kappa shape index (κ3) is 4.87. The number of hydrogen-bond donors (Lipinski definition) is 1. The van der Waals surface area contributed by atoms with Gasteiger partial charge in [0.1, 0.15) is 5.69 Å². The maximum atomic E-state index is 13.2. The minimum Gasteiger partial charge on any atom is -0.348 e. The van der Waals surface area contributed by atoms with Crippen LogP contribution in [0, 0.1) is 0 Å². The standard InChI is InChI=1S/C26H25N5O3S/c32-26(28-17-20-10-12-23(13-11-20)35(33,34)30-15-4-5-16-30)24-19-31(22-8-2-1-3-9-22)29-25(24)21-7-6-14-27-18-21/h1-3,6-14,18-19H,4-5,15-17H2,(H,28,32). The van der Waals surface area contributed by atoms with Gasteiger partial charge in [0.15, 0.2) is 0 Å². The lowest BCUT2D eigenvalue weighted by Crippen LogP contribution is -2.28. The smallest absolute Gasteiger partial charge is 0.255 e. The van der Waals surface area contributed by atoms with Crippen LogP contribution >= 0.6 is 0 Å². The summed E-state index contributed by atoms with van der Waals surface area (Å²) in [6.45, 7) is 1.39. The number of nitrogens with one attached hydrogen (secondary N) is 1. The molecule has 0 bridgehead atoms. The summed E-state index contributed by atoms with van der Waals surface area (Å²) in [4.78, 5) is 17.6. The SMILES string of the molecule is O=C(NCc1ccc(S(=O)(=O)N2CCCC2)cc1)c1cn(-c2ccccc2)nc1-c1cccnc1. The number of amides is 1. The van der Waals surface area contributed by atoms with E-state index in [0.29, 0.717) is 24.3 Å². The van der Waals surface area contributed by atoms with E-state index < -0.39 is 10.0 Å². The highest BCUT2D eigenvalue weighted by Crippen LogP contribution is 2.24. The molecule has 8 nitrogen and oxygen atoms in total. The topological polar surface area (TPSA) is 97.2 Å². The van der Waals surface area contributed by atoms with Crippen LogP contribution in [0.25, 0.3) is 16.9 Å². The molecule has 1 fully saturated rings. The normalized spacial score (nSPS) is 14.2. The van der Waals surface area contributed by atoms with Crippen molar-refractivity contribution >= 4 is 15.9 Å². The molecule has 0 spiro atoms. The van der Waals surface area contributed by atoms with Gasteiger partial charge in [-0.15, -0.1) is 0 Å². The van der Waals surface area contributed by atoms with Crippen LogP contribution in [0.4, 0.5) is 0 Å². The van der Waals surface area contributed by atoms with Gasteiger partial charge < -0.3 is 5.32 Å². The molecular formula is C26H25N5O3S. The zero-order valence-corrected chi connectivity index (χ0v) is 19.9. The van der Waals surface area contributed by atoms with E-state index in [1.54, 1.807) is 53.6 Å². The average Bonchev–Trinajstić information content (AvgIpc) is 3.60. The van der Waals surface area contributed by atoms with Crippen molar-refractivity contribution in [2.75, 3.05) is 13.1 Å². The first-order valence-corrected chi connectivity index (χ1v) is 12.9. The highest BCUT2D eigenvalue weighted by atomic mass is 32.2. The van der Waals surface area contributed by atoms with Crippen LogP contribution in [-0.4, -0.2) is 46.5 Å². The van der Waals surface area contributed by atoms with Crippen molar-refractivity contribution in [1.82, 2.24) is 24.4 Å². The lowest BCUT2D eigenvalue weighted by molar-refractivity contribution is 0.0951. The number of aromatic nitrogens is 3. The van der Waals surface area contributed by atoms with E-state index in [1.807, 2.05) is 36.4 Å². The summed E-state index contributed by atoms with van der Waals surface area (Å²) >= 11 is 0. The molecule has 1 N–H and O–H groups in total. The van der Waals surface area contributed by atoms with Gasteiger partial charge in [-0.05, 0) is 54.8 Å². The molecule has 4 aromatic rings. The van der Waals surface area contributed by atoms with Gasteiger partial charge in [0, 0.05) is 43.8 Å². The molecule has 0 aliphatic carbocycles. The molecule has 3 heterocycles. The second-order valence-electron chi connectivity index (χ2n) is 8.35. The molecule has 1 aliphatic heterocycles.